The average Bonchev–Trinajstić information content (AvgIpc) is 2.98. The molecule has 5 nitrogen and oxygen atoms in total. The van der Waals surface area contributed by atoms with Crippen molar-refractivity contribution in [1.82, 2.24) is 9.55 Å². The summed E-state index contributed by atoms with van der Waals surface area (Å²) in [4.78, 5) is 16.2. The van der Waals surface area contributed by atoms with Crippen molar-refractivity contribution in [2.24, 2.45) is 0 Å². The van der Waals surface area contributed by atoms with Crippen LogP contribution in [-0.2, 0) is 16.1 Å². The molecule has 26 heavy (non-hydrogen) atoms. The smallest absolute Gasteiger partial charge is 0.308 e. The second-order valence-corrected chi connectivity index (χ2v) is 6.58. The highest BCUT2D eigenvalue weighted by Gasteiger charge is 2.27. The van der Waals surface area contributed by atoms with Crippen molar-refractivity contribution in [3.8, 4) is 11.4 Å². The molecule has 0 bridgehead atoms. The third-order valence-electron chi connectivity index (χ3n) is 4.67. The number of carbonyl (C=O) groups is 1. The van der Waals surface area contributed by atoms with E-state index in [0.717, 1.165) is 22.4 Å². The molecule has 1 fully saturated rings. The zero-order valence-electron chi connectivity index (χ0n) is 14.1. The molecule has 0 amide bonds. The number of cyclic esters (lactones) is 1. The molecule has 2 unspecified atom stereocenters. The molecule has 2 aromatic carbocycles. The second-order valence-electron chi connectivity index (χ2n) is 6.58. The number of hydrogen-bond donors (Lipinski definition) is 1. The number of aliphatic hydroxyl groups is 1. The van der Waals surface area contributed by atoms with Crippen LogP contribution in [0.1, 0.15) is 19.3 Å². The molecule has 3 aromatic rings. The minimum absolute atomic E-state index is 0.0608. The van der Waals surface area contributed by atoms with Gasteiger partial charge in [-0.1, -0.05) is 12.1 Å². The zero-order valence-corrected chi connectivity index (χ0v) is 14.1. The fourth-order valence-electron chi connectivity index (χ4n) is 3.43. The van der Waals surface area contributed by atoms with Gasteiger partial charge in [-0.25, -0.2) is 9.37 Å². The molecule has 2 heterocycles. The number of aromatic nitrogens is 2. The van der Waals surface area contributed by atoms with E-state index in [-0.39, 0.29) is 24.3 Å². The number of fused-ring (bicyclic) bond motifs is 1. The lowest BCUT2D eigenvalue weighted by Gasteiger charge is -2.26. The molecular formula is C20H19FN2O3. The highest BCUT2D eigenvalue weighted by Crippen LogP contribution is 2.27. The number of carbonyl (C=O) groups excluding carboxylic acids is 1. The number of halogens is 1. The molecule has 6 heteroatoms. The lowest BCUT2D eigenvalue weighted by molar-refractivity contribution is -0.160. The van der Waals surface area contributed by atoms with Crippen LogP contribution < -0.4 is 0 Å². The normalized spacial score (nSPS) is 20.3. The summed E-state index contributed by atoms with van der Waals surface area (Å²) in [6, 6.07) is 14.0. The summed E-state index contributed by atoms with van der Waals surface area (Å²) in [7, 11) is 0. The maximum atomic E-state index is 13.3. The van der Waals surface area contributed by atoms with Crippen LogP contribution in [0, 0.1) is 5.82 Å². The van der Waals surface area contributed by atoms with E-state index in [9.17, 15) is 14.3 Å². The number of esters is 1. The predicted molar refractivity (Wildman–Crippen MR) is 94.9 cm³/mol. The SMILES string of the molecule is O=C1CC(O)CC(CCn2c(-c3ccc(F)cc3)nc3ccccc32)O1. The Balaban J connectivity index is 1.65. The van der Waals surface area contributed by atoms with Gasteiger partial charge in [0.25, 0.3) is 0 Å². The van der Waals surface area contributed by atoms with Gasteiger partial charge in [0.15, 0.2) is 0 Å². The number of nitrogens with zero attached hydrogens (tertiary/aromatic N) is 2. The molecule has 2 atom stereocenters. The molecular weight excluding hydrogens is 335 g/mol. The molecule has 0 radical (unpaired) electrons. The van der Waals surface area contributed by atoms with Crippen molar-refractivity contribution in [3.63, 3.8) is 0 Å². The third kappa shape index (κ3) is 3.32. The number of aryl methyl sites for hydroxylation is 1. The maximum Gasteiger partial charge on any atom is 0.308 e. The maximum absolute atomic E-state index is 13.3. The van der Waals surface area contributed by atoms with Gasteiger partial charge in [0.05, 0.1) is 23.6 Å². The summed E-state index contributed by atoms with van der Waals surface area (Å²) in [5.41, 5.74) is 2.64. The minimum Gasteiger partial charge on any atom is -0.462 e. The van der Waals surface area contributed by atoms with Crippen molar-refractivity contribution < 1.29 is 19.0 Å². The topological polar surface area (TPSA) is 64.3 Å². The molecule has 1 aliphatic heterocycles. The van der Waals surface area contributed by atoms with Crippen LogP contribution in [0.3, 0.4) is 0 Å². The Labute approximate surface area is 150 Å². The van der Waals surface area contributed by atoms with Crippen molar-refractivity contribution in [2.45, 2.75) is 38.0 Å². The van der Waals surface area contributed by atoms with Crippen molar-refractivity contribution in [3.05, 3.63) is 54.3 Å². The summed E-state index contributed by atoms with van der Waals surface area (Å²) in [5, 5.41) is 9.78. The number of benzene rings is 2. The Morgan fingerprint density at radius 1 is 1.19 bits per heavy atom. The number of para-hydroxylation sites is 2. The van der Waals surface area contributed by atoms with E-state index in [1.54, 1.807) is 12.1 Å². The van der Waals surface area contributed by atoms with Crippen LogP contribution in [0.5, 0.6) is 0 Å². The molecule has 4 rings (SSSR count). The quantitative estimate of drug-likeness (QED) is 0.730. The summed E-state index contributed by atoms with van der Waals surface area (Å²) in [6.07, 6.45) is 0.137. The van der Waals surface area contributed by atoms with Crippen LogP contribution >= 0.6 is 0 Å². The van der Waals surface area contributed by atoms with Gasteiger partial charge in [0.1, 0.15) is 17.7 Å². The fraction of sp³-hybridized carbons (Fsp3) is 0.300. The molecule has 1 saturated heterocycles. The molecule has 1 aromatic heterocycles. The Hall–Kier alpha value is -2.73. The highest BCUT2D eigenvalue weighted by molar-refractivity contribution is 5.80. The van der Waals surface area contributed by atoms with Gasteiger partial charge in [-0.05, 0) is 36.4 Å². The van der Waals surface area contributed by atoms with E-state index in [1.807, 2.05) is 24.3 Å². The van der Waals surface area contributed by atoms with E-state index < -0.39 is 6.10 Å². The first kappa shape index (κ1) is 16.7. The largest absolute Gasteiger partial charge is 0.462 e. The number of ether oxygens (including phenoxy) is 1. The van der Waals surface area contributed by atoms with Crippen molar-refractivity contribution in [1.29, 1.82) is 0 Å². The molecule has 0 spiro atoms. The van der Waals surface area contributed by atoms with Gasteiger partial charge in [-0.2, -0.15) is 0 Å². The Morgan fingerprint density at radius 2 is 1.96 bits per heavy atom. The second kappa shape index (κ2) is 6.88. The summed E-state index contributed by atoms with van der Waals surface area (Å²) in [6.45, 7) is 0.581. The molecule has 0 aliphatic carbocycles. The number of aliphatic hydroxyl groups excluding tert-OH is 1. The Bertz CT molecular complexity index is 936. The first-order valence-electron chi connectivity index (χ1n) is 8.69. The molecule has 134 valence electrons. The summed E-state index contributed by atoms with van der Waals surface area (Å²) >= 11 is 0. The fourth-order valence-corrected chi connectivity index (χ4v) is 3.43. The summed E-state index contributed by atoms with van der Waals surface area (Å²) < 4.78 is 20.7. The number of imidazole rings is 1. The first-order chi connectivity index (χ1) is 12.6. The minimum atomic E-state index is -0.641. The van der Waals surface area contributed by atoms with Crippen LogP contribution in [0.4, 0.5) is 4.39 Å². The van der Waals surface area contributed by atoms with Gasteiger partial charge < -0.3 is 14.4 Å². The standard InChI is InChI=1S/C20H19FN2O3/c21-14-7-5-13(6-8-14)20-22-17-3-1-2-4-18(17)23(20)10-9-16-11-15(24)12-19(25)26-16/h1-8,15-16,24H,9-12H2. The van der Waals surface area contributed by atoms with E-state index in [4.69, 9.17) is 4.74 Å². The molecule has 0 saturated carbocycles. The Morgan fingerprint density at radius 3 is 2.73 bits per heavy atom. The molecule has 1 N–H and O–H groups in total. The van der Waals surface area contributed by atoms with Crippen LogP contribution in [-0.4, -0.2) is 32.8 Å². The van der Waals surface area contributed by atoms with Crippen LogP contribution in [0.15, 0.2) is 48.5 Å². The van der Waals surface area contributed by atoms with Gasteiger partial charge >= 0.3 is 5.97 Å². The van der Waals surface area contributed by atoms with Gasteiger partial charge in [-0.15, -0.1) is 0 Å². The summed E-state index contributed by atoms with van der Waals surface area (Å²) in [5.74, 6) is 0.0939. The lowest BCUT2D eigenvalue weighted by atomic mass is 10.0. The van der Waals surface area contributed by atoms with E-state index in [2.05, 4.69) is 9.55 Å². The van der Waals surface area contributed by atoms with Crippen LogP contribution in [0.25, 0.3) is 22.4 Å². The predicted octanol–water partition coefficient (Wildman–Crippen LogP) is 3.30. The number of rotatable bonds is 4. The lowest BCUT2D eigenvalue weighted by Crippen LogP contribution is -2.33. The van der Waals surface area contributed by atoms with Crippen molar-refractivity contribution in [2.75, 3.05) is 0 Å². The third-order valence-corrected chi connectivity index (χ3v) is 4.67. The van der Waals surface area contributed by atoms with E-state index >= 15 is 0 Å². The van der Waals surface area contributed by atoms with E-state index in [0.29, 0.717) is 19.4 Å². The highest BCUT2D eigenvalue weighted by atomic mass is 19.1. The van der Waals surface area contributed by atoms with Gasteiger partial charge in [-0.3, -0.25) is 4.79 Å². The first-order valence-corrected chi connectivity index (χ1v) is 8.69. The van der Waals surface area contributed by atoms with E-state index in [1.165, 1.54) is 12.1 Å². The van der Waals surface area contributed by atoms with Crippen LogP contribution in [0.2, 0.25) is 0 Å². The monoisotopic (exact) mass is 354 g/mol. The van der Waals surface area contributed by atoms with Gasteiger partial charge in [0, 0.05) is 24.9 Å². The molecule has 1 aliphatic rings. The Kier molecular flexibility index (Phi) is 4.42. The van der Waals surface area contributed by atoms with Gasteiger partial charge in [0.2, 0.25) is 0 Å². The number of hydrogen-bond acceptors (Lipinski definition) is 4. The zero-order chi connectivity index (χ0) is 18.1. The average molecular weight is 354 g/mol. The van der Waals surface area contributed by atoms with Crippen molar-refractivity contribution >= 4 is 17.0 Å².